The van der Waals surface area contributed by atoms with Crippen molar-refractivity contribution in [1.82, 2.24) is 0 Å². The number of phosphoric acid groups is 2. The molecule has 5 atom stereocenters. The predicted octanol–water partition coefficient (Wildman–Crippen LogP) is 24.9. The van der Waals surface area contributed by atoms with E-state index in [9.17, 15) is 43.2 Å². The van der Waals surface area contributed by atoms with Gasteiger partial charge in [0.1, 0.15) is 19.3 Å². The number of ether oxygens (including phenoxy) is 4. The Hall–Kier alpha value is -4.28. The molecule has 0 aromatic carbocycles. The average Bonchev–Trinajstić information content (AvgIpc) is 0.903. The van der Waals surface area contributed by atoms with Gasteiger partial charge in [0.05, 0.1) is 26.4 Å². The van der Waals surface area contributed by atoms with Crippen molar-refractivity contribution in [3.8, 4) is 0 Å². The van der Waals surface area contributed by atoms with Crippen LogP contribution < -0.4 is 0 Å². The Morgan fingerprint density at radius 3 is 0.802 bits per heavy atom. The summed E-state index contributed by atoms with van der Waals surface area (Å²) in [5, 5.41) is 10.7. The number of phosphoric ester groups is 2. The molecule has 0 bridgehead atoms. The van der Waals surface area contributed by atoms with Crippen molar-refractivity contribution < 1.29 is 80.2 Å². The topological polar surface area (TPSA) is 237 Å². The van der Waals surface area contributed by atoms with E-state index in [4.69, 9.17) is 37.0 Å². The number of hydrogen-bond donors (Lipinski definition) is 3. The van der Waals surface area contributed by atoms with Crippen LogP contribution in [-0.4, -0.2) is 96.7 Å². The summed E-state index contributed by atoms with van der Waals surface area (Å²) in [5.74, 6) is -2.21. The van der Waals surface area contributed by atoms with Gasteiger partial charge in [0.15, 0.2) is 12.2 Å². The zero-order valence-corrected chi connectivity index (χ0v) is 68.9. The standard InChI is InChI=1S/C87H152O17P2/c1-5-9-13-17-21-25-29-33-36-38-40-42-45-49-52-56-60-64-68-72-85(90)98-78-83(104-87(92)74-70-66-62-58-54-50-46-43-41-39-37-34-30-26-22-18-14-10-6-2)80-102-106(95,96)100-76-81(88)75-99-105(93,94)101-79-82(103-86(91)73-69-65-61-57-53-47-32-28-24-20-16-12-8-4)77-97-84(89)71-67-63-59-55-51-48-44-35-31-27-23-19-15-11-7-3/h9,13,21-22,25-26,28,32-34,36-37,40-43,49,52,81-83,88H,5-8,10-12,14-20,23-24,27,29-31,35,38-39,44-48,50-51,53-80H2,1-4H3,(H,93,94)(H,95,96)/b13-9-,25-21-,26-22-,32-28-,36-33-,37-34-,42-40-,43-41-,52-49-. The summed E-state index contributed by atoms with van der Waals surface area (Å²) in [6.45, 7) is 4.72. The molecule has 106 heavy (non-hydrogen) atoms. The Morgan fingerprint density at radius 2 is 0.491 bits per heavy atom. The van der Waals surface area contributed by atoms with Gasteiger partial charge in [-0.15, -0.1) is 0 Å². The molecule has 0 rings (SSSR count). The molecule has 0 saturated heterocycles. The second-order valence-corrected chi connectivity index (χ2v) is 30.9. The van der Waals surface area contributed by atoms with E-state index >= 15 is 0 Å². The van der Waals surface area contributed by atoms with Crippen molar-refractivity contribution in [1.29, 1.82) is 0 Å². The second-order valence-electron chi connectivity index (χ2n) is 28.0. The maximum Gasteiger partial charge on any atom is 0.472 e. The van der Waals surface area contributed by atoms with Crippen LogP contribution in [0.4, 0.5) is 0 Å². The molecule has 0 aromatic heterocycles. The van der Waals surface area contributed by atoms with Gasteiger partial charge < -0.3 is 33.8 Å². The van der Waals surface area contributed by atoms with Gasteiger partial charge in [0.25, 0.3) is 0 Å². The second kappa shape index (κ2) is 78.8. The van der Waals surface area contributed by atoms with E-state index in [1.165, 1.54) is 116 Å². The van der Waals surface area contributed by atoms with Crippen LogP contribution in [0, 0.1) is 0 Å². The molecule has 5 unspecified atom stereocenters. The number of unbranched alkanes of at least 4 members (excludes halogenated alkanes) is 35. The van der Waals surface area contributed by atoms with E-state index in [1.54, 1.807) is 0 Å². The smallest absolute Gasteiger partial charge is 0.462 e. The van der Waals surface area contributed by atoms with Crippen LogP contribution in [0.5, 0.6) is 0 Å². The molecule has 0 saturated carbocycles. The fourth-order valence-electron chi connectivity index (χ4n) is 11.3. The van der Waals surface area contributed by atoms with Gasteiger partial charge in [0.2, 0.25) is 0 Å². The molecule has 3 N–H and O–H groups in total. The van der Waals surface area contributed by atoms with Crippen molar-refractivity contribution in [2.45, 2.75) is 380 Å². The lowest BCUT2D eigenvalue weighted by Crippen LogP contribution is -2.30. The zero-order chi connectivity index (χ0) is 77.4. The highest BCUT2D eigenvalue weighted by Gasteiger charge is 2.30. The summed E-state index contributed by atoms with van der Waals surface area (Å²) in [6.07, 6.45) is 86.2. The third-order valence-corrected chi connectivity index (χ3v) is 19.6. The maximum atomic E-state index is 13.1. The molecule has 0 aliphatic carbocycles. The molecule has 0 amide bonds. The van der Waals surface area contributed by atoms with Crippen molar-refractivity contribution >= 4 is 39.5 Å². The van der Waals surface area contributed by atoms with Crippen LogP contribution in [0.25, 0.3) is 0 Å². The lowest BCUT2D eigenvalue weighted by Gasteiger charge is -2.21. The van der Waals surface area contributed by atoms with E-state index in [1.807, 2.05) is 0 Å². The van der Waals surface area contributed by atoms with Crippen LogP contribution in [0.3, 0.4) is 0 Å². The lowest BCUT2D eigenvalue weighted by atomic mass is 10.0. The first-order valence-corrected chi connectivity index (χ1v) is 45.1. The minimum atomic E-state index is -4.99. The van der Waals surface area contributed by atoms with E-state index in [0.717, 1.165) is 167 Å². The Labute approximate surface area is 645 Å². The monoisotopic (exact) mass is 1530 g/mol. The summed E-state index contributed by atoms with van der Waals surface area (Å²) in [7, 11) is -9.97. The summed E-state index contributed by atoms with van der Waals surface area (Å²) >= 11 is 0. The zero-order valence-electron chi connectivity index (χ0n) is 67.1. The van der Waals surface area contributed by atoms with Gasteiger partial charge in [-0.25, -0.2) is 9.13 Å². The van der Waals surface area contributed by atoms with Crippen LogP contribution in [0.2, 0.25) is 0 Å². The van der Waals surface area contributed by atoms with Crippen LogP contribution >= 0.6 is 15.6 Å². The molecule has 0 aromatic rings. The van der Waals surface area contributed by atoms with Crippen LogP contribution in [-0.2, 0) is 65.4 Å². The molecular formula is C87H152O17P2. The van der Waals surface area contributed by atoms with E-state index in [-0.39, 0.29) is 25.7 Å². The van der Waals surface area contributed by atoms with Gasteiger partial charge in [0, 0.05) is 25.7 Å². The summed E-state index contributed by atoms with van der Waals surface area (Å²) < 4.78 is 68.7. The number of aliphatic hydroxyl groups excluding tert-OH is 1. The van der Waals surface area contributed by atoms with Gasteiger partial charge in [-0.1, -0.05) is 310 Å². The Bertz CT molecular complexity index is 2430. The first-order valence-electron chi connectivity index (χ1n) is 42.1. The summed E-state index contributed by atoms with van der Waals surface area (Å²) in [6, 6.07) is 0. The predicted molar refractivity (Wildman–Crippen MR) is 436 cm³/mol. The quantitative estimate of drug-likeness (QED) is 0.0169. The largest absolute Gasteiger partial charge is 0.472 e. The number of allylic oxidation sites excluding steroid dienone is 18. The molecule has 19 heteroatoms. The van der Waals surface area contributed by atoms with Gasteiger partial charge >= 0.3 is 39.5 Å². The van der Waals surface area contributed by atoms with Crippen LogP contribution in [0.15, 0.2) is 109 Å². The maximum absolute atomic E-state index is 13.1. The first-order chi connectivity index (χ1) is 51.7. The average molecular weight is 1530 g/mol. The molecule has 0 fully saturated rings. The fraction of sp³-hybridized carbons (Fsp3) is 0.747. The number of aliphatic hydroxyl groups is 1. The van der Waals surface area contributed by atoms with E-state index in [0.29, 0.717) is 25.7 Å². The molecule has 0 radical (unpaired) electrons. The van der Waals surface area contributed by atoms with Crippen LogP contribution in [0.1, 0.15) is 362 Å². The van der Waals surface area contributed by atoms with Crippen molar-refractivity contribution in [3.05, 3.63) is 109 Å². The Kier molecular flexibility index (Phi) is 75.6. The first kappa shape index (κ1) is 102. The van der Waals surface area contributed by atoms with Crippen molar-refractivity contribution in [3.63, 3.8) is 0 Å². The molecular weight excluding hydrogens is 1380 g/mol. The molecule has 0 aliphatic rings. The van der Waals surface area contributed by atoms with Gasteiger partial charge in [-0.2, -0.15) is 0 Å². The lowest BCUT2D eigenvalue weighted by molar-refractivity contribution is -0.161. The third-order valence-electron chi connectivity index (χ3n) is 17.7. The summed E-state index contributed by atoms with van der Waals surface area (Å²) in [5.41, 5.74) is 0. The molecule has 0 heterocycles. The number of hydrogen-bond acceptors (Lipinski definition) is 15. The number of carbonyl (C=O) groups excluding carboxylic acids is 4. The summed E-state index contributed by atoms with van der Waals surface area (Å²) in [4.78, 5) is 73.2. The van der Waals surface area contributed by atoms with Gasteiger partial charge in [-0.3, -0.25) is 37.3 Å². The Balaban J connectivity index is 5.40. The highest BCUT2D eigenvalue weighted by atomic mass is 31.2. The minimum Gasteiger partial charge on any atom is -0.462 e. The molecule has 17 nitrogen and oxygen atoms in total. The van der Waals surface area contributed by atoms with Gasteiger partial charge in [-0.05, 0) is 135 Å². The van der Waals surface area contributed by atoms with Crippen molar-refractivity contribution in [2.75, 3.05) is 39.6 Å². The van der Waals surface area contributed by atoms with E-state index < -0.39 is 97.5 Å². The molecule has 0 aliphatic heterocycles. The van der Waals surface area contributed by atoms with E-state index in [2.05, 4.69) is 137 Å². The highest BCUT2D eigenvalue weighted by molar-refractivity contribution is 7.47. The SMILES string of the molecule is CC/C=C\C/C=C\C/C=C\C/C=C\C/C=C\CCCCCC(=O)OCC(COP(=O)(O)OCC(O)COP(=O)(O)OCC(COC(=O)CCCCCCCCCCCCCCCCC)OC(=O)CCCCCCC/C=C\CCCCCC)OC(=O)CCCCCCCC/C=C\C/C=C\C/C=C\CCCCC. The van der Waals surface area contributed by atoms with Crippen molar-refractivity contribution in [2.24, 2.45) is 0 Å². The molecule has 612 valence electrons. The highest BCUT2D eigenvalue weighted by Crippen LogP contribution is 2.45. The fourth-order valence-corrected chi connectivity index (χ4v) is 12.9. The number of esters is 4. The minimum absolute atomic E-state index is 0.0715. The molecule has 0 spiro atoms. The normalized spacial score (nSPS) is 14.4. The Morgan fingerprint density at radius 1 is 0.274 bits per heavy atom. The third kappa shape index (κ3) is 77.9. The number of rotatable bonds is 79. The number of carbonyl (C=O) groups is 4.